The summed E-state index contributed by atoms with van der Waals surface area (Å²) in [4.78, 5) is 11.7. The van der Waals surface area contributed by atoms with Crippen LogP contribution < -0.4 is 11.1 Å². The first-order chi connectivity index (χ1) is 8.78. The molecule has 1 amide bonds. The van der Waals surface area contributed by atoms with Gasteiger partial charge in [-0.05, 0) is 37.0 Å². The number of nitrogens with one attached hydrogen (secondary N) is 1. The zero-order valence-electron chi connectivity index (χ0n) is 10.7. The predicted octanol–water partition coefficient (Wildman–Crippen LogP) is 3.03. The van der Waals surface area contributed by atoms with Crippen LogP contribution in [0.1, 0.15) is 24.8 Å². The lowest BCUT2D eigenvalue weighted by atomic mass is 10.1. The first-order valence-corrected chi connectivity index (χ1v) is 6.05. The molecule has 0 heterocycles. The summed E-state index contributed by atoms with van der Waals surface area (Å²) in [6.45, 7) is 0. The lowest BCUT2D eigenvalue weighted by Crippen LogP contribution is -2.37. The fraction of sp³-hybridized carbons (Fsp3) is 0.462. The zero-order valence-corrected chi connectivity index (χ0v) is 11.5. The van der Waals surface area contributed by atoms with Crippen LogP contribution in [0.15, 0.2) is 24.3 Å². The van der Waals surface area contributed by atoms with Crippen molar-refractivity contribution >= 4 is 24.0 Å². The molecule has 0 aliphatic heterocycles. The highest BCUT2D eigenvalue weighted by atomic mass is 35.5. The van der Waals surface area contributed by atoms with Gasteiger partial charge in [-0.25, -0.2) is 0 Å². The van der Waals surface area contributed by atoms with Gasteiger partial charge in [0.15, 0.2) is 0 Å². The van der Waals surface area contributed by atoms with Crippen LogP contribution in [0.5, 0.6) is 0 Å². The van der Waals surface area contributed by atoms with Gasteiger partial charge < -0.3 is 11.1 Å². The molecule has 0 bridgehead atoms. The van der Waals surface area contributed by atoms with Crippen LogP contribution in [0, 0.1) is 0 Å². The third kappa shape index (κ3) is 4.68. The molecule has 20 heavy (non-hydrogen) atoms. The molecule has 0 saturated heterocycles. The molecule has 1 saturated carbocycles. The smallest absolute Gasteiger partial charge is 0.324 e. The van der Waals surface area contributed by atoms with Crippen LogP contribution in [0.4, 0.5) is 18.9 Å². The Morgan fingerprint density at radius 1 is 1.25 bits per heavy atom. The standard InChI is InChI=1S/C13H15F3N2O.ClH/c14-13(15,16)6-5-9-1-3-10(4-2-9)18-11(19)12(17)7-8-12;/h1-4H,5-8,17H2,(H,18,19);1H. The molecular formula is C13H16ClF3N2O. The van der Waals surface area contributed by atoms with Crippen molar-refractivity contribution in [3.63, 3.8) is 0 Å². The van der Waals surface area contributed by atoms with Crippen molar-refractivity contribution in [2.24, 2.45) is 5.73 Å². The molecule has 0 atom stereocenters. The molecule has 0 unspecified atom stereocenters. The van der Waals surface area contributed by atoms with Crippen molar-refractivity contribution in [2.45, 2.75) is 37.4 Å². The lowest BCUT2D eigenvalue weighted by Gasteiger charge is -2.11. The number of hydrogen-bond donors (Lipinski definition) is 2. The number of nitrogens with two attached hydrogens (primary N) is 1. The number of anilines is 1. The van der Waals surface area contributed by atoms with Crippen LogP contribution in [-0.4, -0.2) is 17.6 Å². The molecule has 2 rings (SSSR count). The second-order valence-electron chi connectivity index (χ2n) is 4.92. The van der Waals surface area contributed by atoms with Crippen LogP contribution in [-0.2, 0) is 11.2 Å². The van der Waals surface area contributed by atoms with E-state index in [2.05, 4.69) is 5.32 Å². The first-order valence-electron chi connectivity index (χ1n) is 6.05. The number of amides is 1. The van der Waals surface area contributed by atoms with Gasteiger partial charge in [0.1, 0.15) is 0 Å². The van der Waals surface area contributed by atoms with Gasteiger partial charge in [0.25, 0.3) is 0 Å². The van der Waals surface area contributed by atoms with E-state index in [9.17, 15) is 18.0 Å². The van der Waals surface area contributed by atoms with Gasteiger partial charge in [-0.3, -0.25) is 4.79 Å². The fourth-order valence-electron chi connectivity index (χ4n) is 1.66. The molecule has 1 aliphatic carbocycles. The number of carbonyl (C=O) groups is 1. The summed E-state index contributed by atoms with van der Waals surface area (Å²) in [5.74, 6) is -0.240. The third-order valence-corrected chi connectivity index (χ3v) is 3.15. The minimum atomic E-state index is -4.15. The summed E-state index contributed by atoms with van der Waals surface area (Å²) in [5.41, 5.74) is 6.11. The maximum Gasteiger partial charge on any atom is 0.389 e. The largest absolute Gasteiger partial charge is 0.389 e. The highest BCUT2D eigenvalue weighted by molar-refractivity contribution is 6.00. The molecular weight excluding hydrogens is 293 g/mol. The van der Waals surface area contributed by atoms with E-state index < -0.39 is 18.1 Å². The van der Waals surface area contributed by atoms with Crippen LogP contribution in [0.3, 0.4) is 0 Å². The highest BCUT2D eigenvalue weighted by Gasteiger charge is 2.45. The summed E-state index contributed by atoms with van der Waals surface area (Å²) in [6.07, 6.45) is -3.71. The van der Waals surface area contributed by atoms with Crippen LogP contribution >= 0.6 is 12.4 Å². The Bertz CT molecular complexity index is 469. The Balaban J connectivity index is 0.00000200. The van der Waals surface area contributed by atoms with Gasteiger partial charge in [0, 0.05) is 12.1 Å². The fourth-order valence-corrected chi connectivity index (χ4v) is 1.66. The van der Waals surface area contributed by atoms with E-state index >= 15 is 0 Å². The van der Waals surface area contributed by atoms with E-state index in [1.807, 2.05) is 0 Å². The van der Waals surface area contributed by atoms with Crippen LogP contribution in [0.2, 0.25) is 0 Å². The zero-order chi connectivity index (χ0) is 14.1. The lowest BCUT2D eigenvalue weighted by molar-refractivity contribution is -0.134. The number of hydrogen-bond acceptors (Lipinski definition) is 2. The summed E-state index contributed by atoms with van der Waals surface area (Å²) in [5, 5.41) is 2.66. The van der Waals surface area contributed by atoms with E-state index in [4.69, 9.17) is 5.73 Å². The topological polar surface area (TPSA) is 55.1 Å². The quantitative estimate of drug-likeness (QED) is 0.898. The molecule has 0 radical (unpaired) electrons. The minimum absolute atomic E-state index is 0. The molecule has 0 aromatic heterocycles. The Morgan fingerprint density at radius 2 is 1.80 bits per heavy atom. The number of aryl methyl sites for hydroxylation is 1. The number of benzene rings is 1. The van der Waals surface area contributed by atoms with Gasteiger partial charge >= 0.3 is 6.18 Å². The van der Waals surface area contributed by atoms with E-state index in [-0.39, 0.29) is 24.7 Å². The number of halogens is 4. The average Bonchev–Trinajstić information content (AvgIpc) is 3.07. The van der Waals surface area contributed by atoms with Crippen LogP contribution in [0.25, 0.3) is 0 Å². The third-order valence-electron chi connectivity index (χ3n) is 3.15. The van der Waals surface area contributed by atoms with E-state index in [1.54, 1.807) is 24.3 Å². The van der Waals surface area contributed by atoms with Crippen molar-refractivity contribution < 1.29 is 18.0 Å². The summed E-state index contributed by atoms with van der Waals surface area (Å²) >= 11 is 0. The second kappa shape index (κ2) is 6.01. The molecule has 1 aromatic rings. The summed E-state index contributed by atoms with van der Waals surface area (Å²) in [7, 11) is 0. The van der Waals surface area contributed by atoms with Gasteiger partial charge in [0.2, 0.25) is 5.91 Å². The SMILES string of the molecule is Cl.NC1(C(=O)Nc2ccc(CCC(F)(F)F)cc2)CC1. The number of carbonyl (C=O) groups excluding carboxylic acids is 1. The van der Waals surface area contributed by atoms with E-state index in [0.717, 1.165) is 0 Å². The van der Waals surface area contributed by atoms with Gasteiger partial charge in [0.05, 0.1) is 5.54 Å². The summed E-state index contributed by atoms with van der Waals surface area (Å²) in [6, 6.07) is 6.35. The molecule has 0 spiro atoms. The Kier molecular flexibility index (Phi) is 5.05. The van der Waals surface area contributed by atoms with Crippen molar-refractivity contribution in [2.75, 3.05) is 5.32 Å². The minimum Gasteiger partial charge on any atom is -0.324 e. The van der Waals surface area contributed by atoms with E-state index in [0.29, 0.717) is 24.1 Å². The number of alkyl halides is 3. The Morgan fingerprint density at radius 3 is 2.25 bits per heavy atom. The van der Waals surface area contributed by atoms with E-state index in [1.165, 1.54) is 0 Å². The monoisotopic (exact) mass is 308 g/mol. The Hall–Kier alpha value is -1.27. The van der Waals surface area contributed by atoms with Crippen molar-refractivity contribution in [3.8, 4) is 0 Å². The predicted molar refractivity (Wildman–Crippen MR) is 72.8 cm³/mol. The van der Waals surface area contributed by atoms with Crippen molar-refractivity contribution in [3.05, 3.63) is 29.8 Å². The summed E-state index contributed by atoms with van der Waals surface area (Å²) < 4.78 is 36.2. The van der Waals surface area contributed by atoms with Gasteiger partial charge in [-0.15, -0.1) is 12.4 Å². The maximum atomic E-state index is 12.1. The normalized spacial score (nSPS) is 16.2. The molecule has 3 nitrogen and oxygen atoms in total. The molecule has 112 valence electrons. The van der Waals surface area contributed by atoms with Gasteiger partial charge in [-0.1, -0.05) is 12.1 Å². The molecule has 1 fully saturated rings. The van der Waals surface area contributed by atoms with Crippen molar-refractivity contribution in [1.82, 2.24) is 0 Å². The maximum absolute atomic E-state index is 12.1. The highest BCUT2D eigenvalue weighted by Crippen LogP contribution is 2.33. The number of rotatable bonds is 4. The average molecular weight is 309 g/mol. The molecule has 7 heteroatoms. The second-order valence-corrected chi connectivity index (χ2v) is 4.92. The Labute approximate surface area is 121 Å². The van der Waals surface area contributed by atoms with Gasteiger partial charge in [-0.2, -0.15) is 13.2 Å². The van der Waals surface area contributed by atoms with Crippen molar-refractivity contribution in [1.29, 1.82) is 0 Å². The first kappa shape index (κ1) is 16.8. The molecule has 1 aromatic carbocycles. The molecule has 3 N–H and O–H groups in total. The molecule has 1 aliphatic rings.